The van der Waals surface area contributed by atoms with Crippen LogP contribution in [0.15, 0.2) is 41.6 Å². The molecule has 1 saturated carbocycles. The summed E-state index contributed by atoms with van der Waals surface area (Å²) in [4.78, 5) is 9.99. The van der Waals surface area contributed by atoms with Crippen LogP contribution < -0.4 is 10.1 Å². The third kappa shape index (κ3) is 4.65. The first-order valence-electron chi connectivity index (χ1n) is 11.2. The number of ether oxygens (including phenoxy) is 1. The van der Waals surface area contributed by atoms with Crippen LogP contribution >= 0.6 is 0 Å². The van der Waals surface area contributed by atoms with Crippen molar-refractivity contribution < 1.29 is 14.0 Å². The van der Waals surface area contributed by atoms with E-state index < -0.39 is 0 Å². The minimum atomic E-state index is -0.365. The largest absolute Gasteiger partial charge is 0.433 e. The zero-order valence-corrected chi connectivity index (χ0v) is 18.9. The van der Waals surface area contributed by atoms with Crippen molar-refractivity contribution in [3.05, 3.63) is 76.0 Å². The van der Waals surface area contributed by atoms with E-state index in [9.17, 15) is 0 Å². The lowest BCUT2D eigenvalue weighted by molar-refractivity contribution is 0.109. The molecule has 0 saturated heterocycles. The SMILES string of the molecule is Cc1ccc(CC2CON=C(c3nc(C)nnc3Oc3cccc(C4CC4)c3F)N2)c(C)c1. The quantitative estimate of drug-likeness (QED) is 0.599. The third-order valence-electron chi connectivity index (χ3n) is 5.94. The predicted molar refractivity (Wildman–Crippen MR) is 122 cm³/mol. The van der Waals surface area contributed by atoms with E-state index in [4.69, 9.17) is 9.57 Å². The predicted octanol–water partition coefficient (Wildman–Crippen LogP) is 4.50. The molecule has 0 spiro atoms. The lowest BCUT2D eigenvalue weighted by Gasteiger charge is -2.25. The van der Waals surface area contributed by atoms with Crippen molar-refractivity contribution in [2.45, 2.75) is 52.0 Å². The van der Waals surface area contributed by atoms with Crippen LogP contribution in [0.4, 0.5) is 4.39 Å². The van der Waals surface area contributed by atoms with E-state index in [0.29, 0.717) is 29.5 Å². The van der Waals surface area contributed by atoms with Crippen LogP contribution in [0.25, 0.3) is 0 Å². The summed E-state index contributed by atoms with van der Waals surface area (Å²) in [5.74, 6) is 0.919. The summed E-state index contributed by atoms with van der Waals surface area (Å²) in [6.07, 6.45) is 2.76. The molecule has 7 nitrogen and oxygen atoms in total. The Bertz CT molecular complexity index is 1230. The summed E-state index contributed by atoms with van der Waals surface area (Å²) in [5.41, 5.74) is 4.70. The molecule has 1 unspecified atom stereocenters. The molecule has 1 atom stereocenters. The molecule has 0 radical (unpaired) electrons. The molecule has 170 valence electrons. The molecule has 1 fully saturated rings. The van der Waals surface area contributed by atoms with Crippen LogP contribution in [0.2, 0.25) is 0 Å². The Kier molecular flexibility index (Phi) is 5.66. The van der Waals surface area contributed by atoms with Crippen LogP contribution in [-0.2, 0) is 11.3 Å². The highest BCUT2D eigenvalue weighted by atomic mass is 19.1. The van der Waals surface area contributed by atoms with Crippen molar-refractivity contribution in [2.75, 3.05) is 6.61 Å². The number of amidine groups is 1. The van der Waals surface area contributed by atoms with Gasteiger partial charge in [-0.1, -0.05) is 41.1 Å². The molecule has 1 aliphatic carbocycles. The highest BCUT2D eigenvalue weighted by Crippen LogP contribution is 2.43. The first-order valence-corrected chi connectivity index (χ1v) is 11.2. The minimum Gasteiger partial charge on any atom is -0.433 e. The van der Waals surface area contributed by atoms with Gasteiger partial charge >= 0.3 is 0 Å². The average molecular weight is 448 g/mol. The van der Waals surface area contributed by atoms with Crippen LogP contribution in [0.1, 0.15) is 52.5 Å². The highest BCUT2D eigenvalue weighted by molar-refractivity contribution is 5.99. The van der Waals surface area contributed by atoms with E-state index in [1.807, 2.05) is 0 Å². The molecule has 1 N–H and O–H groups in total. The molecule has 3 aromatic rings. The van der Waals surface area contributed by atoms with Gasteiger partial charge in [0.15, 0.2) is 23.1 Å². The Morgan fingerprint density at radius 3 is 2.76 bits per heavy atom. The number of aromatic nitrogens is 3. The molecule has 1 aromatic heterocycles. The fraction of sp³-hybridized carbons (Fsp3) is 0.360. The number of oxime groups is 1. The molecule has 2 heterocycles. The van der Waals surface area contributed by atoms with Crippen LogP contribution in [0.5, 0.6) is 11.6 Å². The van der Waals surface area contributed by atoms with Gasteiger partial charge in [0.05, 0.1) is 6.04 Å². The van der Waals surface area contributed by atoms with E-state index in [-0.39, 0.29) is 29.4 Å². The summed E-state index contributed by atoms with van der Waals surface area (Å²) in [6.45, 7) is 6.34. The maximum atomic E-state index is 15.0. The van der Waals surface area contributed by atoms with Crippen molar-refractivity contribution >= 4 is 5.84 Å². The van der Waals surface area contributed by atoms with E-state index in [0.717, 1.165) is 19.3 Å². The van der Waals surface area contributed by atoms with Crippen molar-refractivity contribution in [3.8, 4) is 11.6 Å². The molecule has 8 heteroatoms. The minimum absolute atomic E-state index is 0.0167. The fourth-order valence-corrected chi connectivity index (χ4v) is 4.06. The number of halogens is 1. The molecule has 33 heavy (non-hydrogen) atoms. The number of hydrogen-bond donors (Lipinski definition) is 1. The normalized spacial score (nSPS) is 17.7. The van der Waals surface area contributed by atoms with E-state index in [1.54, 1.807) is 25.1 Å². The second-order valence-electron chi connectivity index (χ2n) is 8.76. The van der Waals surface area contributed by atoms with E-state index in [2.05, 4.69) is 57.7 Å². The summed E-state index contributed by atoms with van der Waals surface area (Å²) in [6, 6.07) is 11.6. The maximum Gasteiger partial charge on any atom is 0.269 e. The van der Waals surface area contributed by atoms with Gasteiger partial charge in [-0.15, -0.1) is 10.2 Å². The van der Waals surface area contributed by atoms with Gasteiger partial charge < -0.3 is 14.9 Å². The molecule has 2 aromatic carbocycles. The van der Waals surface area contributed by atoms with Crippen molar-refractivity contribution in [1.29, 1.82) is 0 Å². The molecule has 0 amide bonds. The van der Waals surface area contributed by atoms with Gasteiger partial charge in [0, 0.05) is 0 Å². The van der Waals surface area contributed by atoms with Gasteiger partial charge in [0.2, 0.25) is 0 Å². The molecular formula is C25H26FN5O2. The van der Waals surface area contributed by atoms with Crippen molar-refractivity contribution in [1.82, 2.24) is 20.5 Å². The second kappa shape index (κ2) is 8.77. The van der Waals surface area contributed by atoms with E-state index >= 15 is 4.39 Å². The molecule has 2 aliphatic rings. The van der Waals surface area contributed by atoms with Crippen molar-refractivity contribution in [2.24, 2.45) is 5.16 Å². The maximum absolute atomic E-state index is 15.0. The van der Waals surface area contributed by atoms with Gasteiger partial charge in [-0.25, -0.2) is 9.37 Å². The topological polar surface area (TPSA) is 81.5 Å². The summed E-state index contributed by atoms with van der Waals surface area (Å²) in [5, 5.41) is 15.7. The first-order chi connectivity index (χ1) is 16.0. The third-order valence-corrected chi connectivity index (χ3v) is 5.94. The second-order valence-corrected chi connectivity index (χ2v) is 8.76. The zero-order valence-electron chi connectivity index (χ0n) is 18.9. The van der Waals surface area contributed by atoms with Gasteiger partial charge in [0.25, 0.3) is 5.88 Å². The monoisotopic (exact) mass is 447 g/mol. The highest BCUT2D eigenvalue weighted by Gasteiger charge is 2.29. The molecule has 1 aliphatic heterocycles. The Hall–Kier alpha value is -3.55. The number of rotatable bonds is 6. The Morgan fingerprint density at radius 1 is 1.12 bits per heavy atom. The number of nitrogens with zero attached hydrogens (tertiary/aromatic N) is 4. The van der Waals surface area contributed by atoms with E-state index in [1.165, 1.54) is 16.7 Å². The zero-order chi connectivity index (χ0) is 22.9. The standard InChI is InChI=1S/C25H26FN5O2/c1-14-7-8-18(15(2)11-14)12-19-13-32-31-24(28-19)23-25(30-29-16(3)27-23)33-21-6-4-5-20(22(21)26)17-9-10-17/h4-8,11,17,19H,9-10,12-13H2,1-3H3,(H,28,31). The molecule has 0 bridgehead atoms. The lowest BCUT2D eigenvalue weighted by Crippen LogP contribution is -2.44. The smallest absolute Gasteiger partial charge is 0.269 e. The summed E-state index contributed by atoms with van der Waals surface area (Å²) in [7, 11) is 0. The lowest BCUT2D eigenvalue weighted by atomic mass is 9.99. The molecular weight excluding hydrogens is 421 g/mol. The Balaban J connectivity index is 1.39. The number of hydrogen-bond acceptors (Lipinski definition) is 7. The molecule has 5 rings (SSSR count). The van der Waals surface area contributed by atoms with Crippen LogP contribution in [0, 0.1) is 26.6 Å². The Morgan fingerprint density at radius 2 is 1.97 bits per heavy atom. The van der Waals surface area contributed by atoms with Crippen LogP contribution in [0.3, 0.4) is 0 Å². The number of nitrogens with one attached hydrogen (secondary N) is 1. The van der Waals surface area contributed by atoms with Gasteiger partial charge in [-0.3, -0.25) is 0 Å². The van der Waals surface area contributed by atoms with Gasteiger partial charge in [0.1, 0.15) is 12.4 Å². The van der Waals surface area contributed by atoms with Crippen molar-refractivity contribution in [3.63, 3.8) is 0 Å². The average Bonchev–Trinajstić information content (AvgIpc) is 3.64. The van der Waals surface area contributed by atoms with Gasteiger partial charge in [-0.05, 0) is 68.7 Å². The summed E-state index contributed by atoms with van der Waals surface area (Å²) >= 11 is 0. The Labute approximate surface area is 192 Å². The van der Waals surface area contributed by atoms with Crippen LogP contribution in [-0.4, -0.2) is 33.7 Å². The number of benzene rings is 2. The van der Waals surface area contributed by atoms with Gasteiger partial charge in [-0.2, -0.15) is 0 Å². The fourth-order valence-electron chi connectivity index (χ4n) is 4.06. The first kappa shape index (κ1) is 21.3. The number of aryl methyl sites for hydroxylation is 3. The summed E-state index contributed by atoms with van der Waals surface area (Å²) < 4.78 is 20.9.